The molecule has 1 atom stereocenters. The standard InChI is InChI=1S/C14H19BO5S/c1-21(17,18)9-14-12-7-6-11(8-13(12)15(16)20-14)19-10-4-2-3-5-10/h6-8,10,14,16H,2-5,9H2,1H3. The Morgan fingerprint density at radius 1 is 1.38 bits per heavy atom. The Bertz CT molecular complexity index is 624. The molecule has 0 saturated heterocycles. The molecule has 114 valence electrons. The lowest BCUT2D eigenvalue weighted by Gasteiger charge is -2.14. The SMILES string of the molecule is CS(=O)(=O)CC1OB(O)c2cc(OC3CCCC3)ccc21. The normalized spacial score (nSPS) is 22.6. The van der Waals surface area contributed by atoms with Crippen molar-refractivity contribution in [3.63, 3.8) is 0 Å². The first kappa shape index (κ1) is 14.9. The van der Waals surface area contributed by atoms with Crippen LogP contribution in [0.5, 0.6) is 5.75 Å². The van der Waals surface area contributed by atoms with Gasteiger partial charge in [0.1, 0.15) is 15.6 Å². The zero-order valence-corrected chi connectivity index (χ0v) is 12.8. The van der Waals surface area contributed by atoms with E-state index in [-0.39, 0.29) is 11.9 Å². The topological polar surface area (TPSA) is 72.8 Å². The lowest BCUT2D eigenvalue weighted by Crippen LogP contribution is -2.28. The summed E-state index contributed by atoms with van der Waals surface area (Å²) in [5.74, 6) is 0.586. The van der Waals surface area contributed by atoms with Crippen molar-refractivity contribution in [2.24, 2.45) is 0 Å². The summed E-state index contributed by atoms with van der Waals surface area (Å²) in [5, 5.41) is 9.96. The van der Waals surface area contributed by atoms with Crippen molar-refractivity contribution in [1.29, 1.82) is 0 Å². The van der Waals surface area contributed by atoms with Gasteiger partial charge in [0.2, 0.25) is 0 Å². The van der Waals surface area contributed by atoms with Gasteiger partial charge in [-0.1, -0.05) is 6.07 Å². The highest BCUT2D eigenvalue weighted by atomic mass is 32.2. The molecule has 21 heavy (non-hydrogen) atoms. The maximum Gasteiger partial charge on any atom is 0.492 e. The molecule has 1 unspecified atom stereocenters. The Hall–Kier alpha value is -1.05. The first-order chi connectivity index (χ1) is 9.92. The molecular weight excluding hydrogens is 291 g/mol. The smallest absolute Gasteiger partial charge is 0.490 e. The van der Waals surface area contributed by atoms with E-state index in [1.165, 1.54) is 12.8 Å². The largest absolute Gasteiger partial charge is 0.492 e. The lowest BCUT2D eigenvalue weighted by atomic mass is 9.79. The summed E-state index contributed by atoms with van der Waals surface area (Å²) in [6, 6.07) is 5.39. The second-order valence-electron chi connectivity index (χ2n) is 5.88. The molecule has 0 spiro atoms. The molecule has 1 aromatic carbocycles. The minimum Gasteiger partial charge on any atom is -0.490 e. The van der Waals surface area contributed by atoms with E-state index >= 15 is 0 Å². The van der Waals surface area contributed by atoms with Crippen LogP contribution in [0.3, 0.4) is 0 Å². The van der Waals surface area contributed by atoms with E-state index in [0.29, 0.717) is 11.2 Å². The molecule has 0 bridgehead atoms. The van der Waals surface area contributed by atoms with Crippen molar-refractivity contribution in [2.75, 3.05) is 12.0 Å². The minimum absolute atomic E-state index is 0.125. The number of fused-ring (bicyclic) bond motifs is 1. The molecule has 3 rings (SSSR count). The van der Waals surface area contributed by atoms with Crippen LogP contribution in [0, 0.1) is 0 Å². The fourth-order valence-corrected chi connectivity index (χ4v) is 3.85. The van der Waals surface area contributed by atoms with Gasteiger partial charge in [-0.2, -0.15) is 0 Å². The monoisotopic (exact) mass is 310 g/mol. The zero-order valence-electron chi connectivity index (χ0n) is 12.0. The molecule has 0 amide bonds. The highest BCUT2D eigenvalue weighted by Crippen LogP contribution is 2.29. The highest BCUT2D eigenvalue weighted by molar-refractivity contribution is 7.90. The predicted octanol–water partition coefficient (Wildman–Crippen LogP) is 0.811. The van der Waals surface area contributed by atoms with Crippen molar-refractivity contribution < 1.29 is 22.8 Å². The Morgan fingerprint density at radius 3 is 2.76 bits per heavy atom. The van der Waals surface area contributed by atoms with Gasteiger partial charge in [0.15, 0.2) is 0 Å². The average molecular weight is 310 g/mol. The third-order valence-electron chi connectivity index (χ3n) is 4.02. The third-order valence-corrected chi connectivity index (χ3v) is 4.93. The van der Waals surface area contributed by atoms with E-state index in [4.69, 9.17) is 9.39 Å². The van der Waals surface area contributed by atoms with E-state index in [0.717, 1.165) is 24.7 Å². The molecular formula is C14H19BO5S. The summed E-state index contributed by atoms with van der Waals surface area (Å²) in [6.07, 6.45) is 5.31. The zero-order chi connectivity index (χ0) is 15.0. The van der Waals surface area contributed by atoms with Crippen LogP contribution >= 0.6 is 0 Å². The summed E-state index contributed by atoms with van der Waals surface area (Å²) in [6.45, 7) is 0. The predicted molar refractivity (Wildman–Crippen MR) is 80.5 cm³/mol. The summed E-state index contributed by atoms with van der Waals surface area (Å²) < 4.78 is 34.1. The molecule has 1 aromatic rings. The van der Waals surface area contributed by atoms with Gasteiger partial charge in [-0.15, -0.1) is 0 Å². The summed E-state index contributed by atoms with van der Waals surface area (Å²) in [5.41, 5.74) is 1.34. The molecule has 0 radical (unpaired) electrons. The first-order valence-corrected chi connectivity index (χ1v) is 9.30. The molecule has 2 aliphatic rings. The maximum atomic E-state index is 11.4. The molecule has 1 aliphatic carbocycles. The lowest BCUT2D eigenvalue weighted by molar-refractivity contribution is 0.210. The summed E-state index contributed by atoms with van der Waals surface area (Å²) in [7, 11) is -4.25. The maximum absolute atomic E-state index is 11.4. The van der Waals surface area contributed by atoms with Crippen LogP contribution in [-0.4, -0.2) is 38.7 Å². The Morgan fingerprint density at radius 2 is 2.10 bits per heavy atom. The van der Waals surface area contributed by atoms with Crippen LogP contribution < -0.4 is 10.2 Å². The van der Waals surface area contributed by atoms with Gasteiger partial charge in [0.25, 0.3) is 0 Å². The number of hydrogen-bond acceptors (Lipinski definition) is 5. The van der Waals surface area contributed by atoms with Crippen LogP contribution in [0.25, 0.3) is 0 Å². The van der Waals surface area contributed by atoms with Gasteiger partial charge in [-0.3, -0.25) is 0 Å². The van der Waals surface area contributed by atoms with Crippen LogP contribution in [0.15, 0.2) is 18.2 Å². The first-order valence-electron chi connectivity index (χ1n) is 7.24. The van der Waals surface area contributed by atoms with Crippen molar-refractivity contribution in [1.82, 2.24) is 0 Å². The molecule has 0 aromatic heterocycles. The van der Waals surface area contributed by atoms with Crippen LogP contribution in [0.2, 0.25) is 0 Å². The van der Waals surface area contributed by atoms with Gasteiger partial charge < -0.3 is 14.4 Å². The average Bonchev–Trinajstić information content (AvgIpc) is 2.98. The van der Waals surface area contributed by atoms with Gasteiger partial charge in [0, 0.05) is 6.26 Å². The minimum atomic E-state index is -3.17. The van der Waals surface area contributed by atoms with Crippen LogP contribution in [0.1, 0.15) is 37.4 Å². The Labute approximate surface area is 125 Å². The van der Waals surface area contributed by atoms with Crippen molar-refractivity contribution in [3.8, 4) is 5.75 Å². The third kappa shape index (κ3) is 3.41. The second-order valence-corrected chi connectivity index (χ2v) is 8.07. The fraction of sp³-hybridized carbons (Fsp3) is 0.571. The Balaban J connectivity index is 1.80. The summed E-state index contributed by atoms with van der Waals surface area (Å²) in [4.78, 5) is 0. The van der Waals surface area contributed by atoms with Crippen molar-refractivity contribution in [3.05, 3.63) is 23.8 Å². The van der Waals surface area contributed by atoms with E-state index in [1.807, 2.05) is 6.07 Å². The van der Waals surface area contributed by atoms with E-state index in [2.05, 4.69) is 0 Å². The van der Waals surface area contributed by atoms with Gasteiger partial charge in [0.05, 0.1) is 18.0 Å². The van der Waals surface area contributed by atoms with E-state index in [9.17, 15) is 13.4 Å². The molecule has 1 N–H and O–H groups in total. The second kappa shape index (κ2) is 5.63. The molecule has 1 fully saturated rings. The van der Waals surface area contributed by atoms with E-state index < -0.39 is 23.1 Å². The molecule has 1 aliphatic heterocycles. The summed E-state index contributed by atoms with van der Waals surface area (Å²) >= 11 is 0. The molecule has 1 saturated carbocycles. The van der Waals surface area contributed by atoms with Crippen LogP contribution in [0.4, 0.5) is 0 Å². The fourth-order valence-electron chi connectivity index (χ4n) is 3.04. The number of hydrogen-bond donors (Lipinski definition) is 1. The van der Waals surface area contributed by atoms with Gasteiger partial charge in [-0.05, 0) is 48.8 Å². The molecule has 1 heterocycles. The van der Waals surface area contributed by atoms with Gasteiger partial charge >= 0.3 is 7.12 Å². The van der Waals surface area contributed by atoms with Crippen molar-refractivity contribution in [2.45, 2.75) is 37.9 Å². The number of ether oxygens (including phenoxy) is 1. The van der Waals surface area contributed by atoms with Crippen LogP contribution in [-0.2, 0) is 14.5 Å². The quantitative estimate of drug-likeness (QED) is 0.833. The Kier molecular flexibility index (Phi) is 3.99. The van der Waals surface area contributed by atoms with Crippen molar-refractivity contribution >= 4 is 22.4 Å². The van der Waals surface area contributed by atoms with Gasteiger partial charge in [-0.25, -0.2) is 8.42 Å². The number of rotatable bonds is 4. The molecule has 5 nitrogen and oxygen atoms in total. The molecule has 7 heteroatoms. The number of sulfone groups is 1. The highest BCUT2D eigenvalue weighted by Gasteiger charge is 2.37. The number of benzene rings is 1. The van der Waals surface area contributed by atoms with E-state index in [1.54, 1.807) is 12.1 Å².